The number of nitrogens with zero attached hydrogens (tertiary/aromatic N) is 2. The van der Waals surface area contributed by atoms with Crippen LogP contribution in [0.1, 0.15) is 12.8 Å². The van der Waals surface area contributed by atoms with Gasteiger partial charge in [0.1, 0.15) is 5.69 Å². The van der Waals surface area contributed by atoms with Crippen molar-refractivity contribution in [1.29, 1.82) is 0 Å². The fourth-order valence-electron chi connectivity index (χ4n) is 2.88. The van der Waals surface area contributed by atoms with Gasteiger partial charge in [-0.1, -0.05) is 12.1 Å². The van der Waals surface area contributed by atoms with Gasteiger partial charge in [0.15, 0.2) is 6.04 Å². The predicted octanol–water partition coefficient (Wildman–Crippen LogP) is 0.461. The van der Waals surface area contributed by atoms with Gasteiger partial charge in [-0.2, -0.15) is 0 Å². The van der Waals surface area contributed by atoms with Crippen molar-refractivity contribution in [1.82, 2.24) is 5.32 Å². The van der Waals surface area contributed by atoms with Gasteiger partial charge in [-0.05, 0) is 18.9 Å². The van der Waals surface area contributed by atoms with Crippen LogP contribution < -0.4 is 10.2 Å². The number of nitro groups is 1. The fraction of sp³-hybridized carbons (Fsp3) is 0.500. The highest BCUT2D eigenvalue weighted by atomic mass is 16.6. The van der Waals surface area contributed by atoms with Gasteiger partial charge in [0.25, 0.3) is 5.69 Å². The highest BCUT2D eigenvalue weighted by molar-refractivity contribution is 5.86. The number of para-hydroxylation sites is 2. The summed E-state index contributed by atoms with van der Waals surface area (Å²) in [4.78, 5) is 36.3. The number of benzene rings is 1. The molecule has 1 aromatic carbocycles. The Labute approximate surface area is 144 Å². The molecule has 1 aliphatic heterocycles. The number of aliphatic hydroxyl groups is 1. The van der Waals surface area contributed by atoms with E-state index in [1.807, 2.05) is 4.90 Å². The lowest BCUT2D eigenvalue weighted by molar-refractivity contribution is -0.384. The van der Waals surface area contributed by atoms with Gasteiger partial charge >= 0.3 is 5.97 Å². The number of hydrogen-bond acceptors (Lipinski definition) is 7. The number of methoxy groups -OCH3 is 1. The summed E-state index contributed by atoms with van der Waals surface area (Å²) >= 11 is 0. The number of piperidine rings is 1. The van der Waals surface area contributed by atoms with Crippen LogP contribution in [-0.4, -0.2) is 54.8 Å². The zero-order valence-electron chi connectivity index (χ0n) is 13.9. The SMILES string of the molecule is COC(=O)[C@H](CO)NC(=O)C1CCN(c2ccccc2[N+](=O)[O-])CC1. The summed E-state index contributed by atoms with van der Waals surface area (Å²) < 4.78 is 4.52. The predicted molar refractivity (Wildman–Crippen MR) is 89.1 cm³/mol. The largest absolute Gasteiger partial charge is 0.467 e. The molecule has 1 aliphatic rings. The van der Waals surface area contributed by atoms with E-state index in [0.717, 1.165) is 0 Å². The number of amides is 1. The van der Waals surface area contributed by atoms with Gasteiger partial charge in [0, 0.05) is 25.1 Å². The van der Waals surface area contributed by atoms with Gasteiger partial charge < -0.3 is 20.1 Å². The molecular weight excluding hydrogens is 330 g/mol. The number of carbonyl (C=O) groups excluding carboxylic acids is 2. The molecule has 0 saturated carbocycles. The molecule has 2 rings (SSSR count). The zero-order chi connectivity index (χ0) is 18.4. The molecule has 136 valence electrons. The molecule has 1 atom stereocenters. The van der Waals surface area contributed by atoms with Crippen LogP contribution in [0.25, 0.3) is 0 Å². The third kappa shape index (κ3) is 4.44. The molecule has 0 spiro atoms. The summed E-state index contributed by atoms with van der Waals surface area (Å²) in [5, 5.41) is 22.8. The molecule has 25 heavy (non-hydrogen) atoms. The van der Waals surface area contributed by atoms with Crippen LogP contribution in [0.4, 0.5) is 11.4 Å². The molecule has 1 amide bonds. The van der Waals surface area contributed by atoms with E-state index in [9.17, 15) is 19.7 Å². The summed E-state index contributed by atoms with van der Waals surface area (Å²) in [6, 6.07) is 5.42. The second-order valence-electron chi connectivity index (χ2n) is 5.77. The van der Waals surface area contributed by atoms with Crippen molar-refractivity contribution in [2.75, 3.05) is 31.7 Å². The third-order valence-corrected chi connectivity index (χ3v) is 4.27. The van der Waals surface area contributed by atoms with Gasteiger partial charge in [-0.25, -0.2) is 4.79 Å². The molecule has 0 unspecified atom stereocenters. The summed E-state index contributed by atoms with van der Waals surface area (Å²) in [6.45, 7) is 0.448. The number of aliphatic hydroxyl groups excluding tert-OH is 1. The molecule has 1 fully saturated rings. The van der Waals surface area contributed by atoms with E-state index in [0.29, 0.717) is 31.6 Å². The van der Waals surface area contributed by atoms with Crippen molar-refractivity contribution >= 4 is 23.3 Å². The zero-order valence-corrected chi connectivity index (χ0v) is 13.9. The van der Waals surface area contributed by atoms with E-state index in [4.69, 9.17) is 5.11 Å². The quantitative estimate of drug-likeness (QED) is 0.434. The Bertz CT molecular complexity index is 643. The normalized spacial score (nSPS) is 16.2. The van der Waals surface area contributed by atoms with Crippen molar-refractivity contribution in [3.05, 3.63) is 34.4 Å². The second kappa shape index (κ2) is 8.43. The van der Waals surface area contributed by atoms with Crippen LogP contribution in [0, 0.1) is 16.0 Å². The highest BCUT2D eigenvalue weighted by Crippen LogP contribution is 2.31. The second-order valence-corrected chi connectivity index (χ2v) is 5.77. The summed E-state index contributed by atoms with van der Waals surface area (Å²) in [6.07, 6.45) is 0.994. The lowest BCUT2D eigenvalue weighted by Crippen LogP contribution is -2.48. The lowest BCUT2D eigenvalue weighted by atomic mass is 9.95. The molecule has 1 aromatic rings. The van der Waals surface area contributed by atoms with Crippen LogP contribution in [0.3, 0.4) is 0 Å². The van der Waals surface area contributed by atoms with Crippen molar-refractivity contribution in [2.24, 2.45) is 5.92 Å². The lowest BCUT2D eigenvalue weighted by Gasteiger charge is -2.33. The van der Waals surface area contributed by atoms with Crippen molar-refractivity contribution in [3.8, 4) is 0 Å². The topological polar surface area (TPSA) is 122 Å². The maximum atomic E-state index is 12.2. The Kier molecular flexibility index (Phi) is 6.29. The Morgan fingerprint density at radius 2 is 2.04 bits per heavy atom. The van der Waals surface area contributed by atoms with Gasteiger partial charge in [-0.3, -0.25) is 14.9 Å². The standard InChI is InChI=1S/C16H21N3O6/c1-25-16(22)12(10-20)17-15(21)11-6-8-18(9-7-11)13-4-2-3-5-14(13)19(23)24/h2-5,11-12,20H,6-10H2,1H3,(H,17,21)/t12-/m0/s1. The van der Waals surface area contributed by atoms with E-state index < -0.39 is 23.5 Å². The van der Waals surface area contributed by atoms with E-state index in [2.05, 4.69) is 10.1 Å². The Balaban J connectivity index is 1.97. The third-order valence-electron chi connectivity index (χ3n) is 4.27. The van der Waals surface area contributed by atoms with E-state index in [-0.39, 0.29) is 17.5 Å². The molecule has 0 bridgehead atoms. The Hall–Kier alpha value is -2.68. The molecule has 9 heteroatoms. The van der Waals surface area contributed by atoms with Crippen LogP contribution in [0.15, 0.2) is 24.3 Å². The Morgan fingerprint density at radius 1 is 1.40 bits per heavy atom. The van der Waals surface area contributed by atoms with Gasteiger partial charge in [0.05, 0.1) is 18.6 Å². The molecule has 1 saturated heterocycles. The first-order valence-electron chi connectivity index (χ1n) is 7.95. The smallest absolute Gasteiger partial charge is 0.330 e. The Morgan fingerprint density at radius 3 is 2.60 bits per heavy atom. The first kappa shape index (κ1) is 18.7. The number of carbonyl (C=O) groups is 2. The molecule has 0 aliphatic carbocycles. The average Bonchev–Trinajstić information content (AvgIpc) is 2.65. The number of hydrogen-bond donors (Lipinski definition) is 2. The molecular formula is C16H21N3O6. The first-order chi connectivity index (χ1) is 12.0. The fourth-order valence-corrected chi connectivity index (χ4v) is 2.88. The molecule has 0 radical (unpaired) electrons. The van der Waals surface area contributed by atoms with Crippen LogP contribution >= 0.6 is 0 Å². The number of nitrogens with one attached hydrogen (secondary N) is 1. The van der Waals surface area contributed by atoms with Crippen molar-refractivity contribution in [3.63, 3.8) is 0 Å². The molecule has 0 aromatic heterocycles. The molecule has 1 heterocycles. The number of nitro benzene ring substituents is 1. The van der Waals surface area contributed by atoms with Gasteiger partial charge in [-0.15, -0.1) is 0 Å². The minimum atomic E-state index is -1.08. The average molecular weight is 351 g/mol. The summed E-state index contributed by atoms with van der Waals surface area (Å²) in [7, 11) is 1.18. The van der Waals surface area contributed by atoms with Crippen LogP contribution in [0.2, 0.25) is 0 Å². The number of anilines is 1. The number of esters is 1. The van der Waals surface area contributed by atoms with Crippen molar-refractivity contribution < 1.29 is 24.4 Å². The minimum absolute atomic E-state index is 0.0384. The number of rotatable bonds is 6. The highest BCUT2D eigenvalue weighted by Gasteiger charge is 2.30. The summed E-state index contributed by atoms with van der Waals surface area (Å²) in [5.41, 5.74) is 0.575. The van der Waals surface area contributed by atoms with Crippen LogP contribution in [0.5, 0.6) is 0 Å². The molecule has 2 N–H and O–H groups in total. The monoisotopic (exact) mass is 351 g/mol. The maximum absolute atomic E-state index is 12.2. The number of ether oxygens (including phenoxy) is 1. The summed E-state index contributed by atoms with van der Waals surface area (Å²) in [5.74, 6) is -1.35. The maximum Gasteiger partial charge on any atom is 0.330 e. The van der Waals surface area contributed by atoms with Gasteiger partial charge in [0.2, 0.25) is 5.91 Å². The van der Waals surface area contributed by atoms with E-state index in [1.165, 1.54) is 13.2 Å². The first-order valence-corrected chi connectivity index (χ1v) is 7.95. The van der Waals surface area contributed by atoms with E-state index in [1.54, 1.807) is 18.2 Å². The van der Waals surface area contributed by atoms with Crippen molar-refractivity contribution in [2.45, 2.75) is 18.9 Å². The van der Waals surface area contributed by atoms with Crippen LogP contribution in [-0.2, 0) is 14.3 Å². The molecule has 9 nitrogen and oxygen atoms in total. The van der Waals surface area contributed by atoms with E-state index >= 15 is 0 Å². The minimum Gasteiger partial charge on any atom is -0.467 e.